The molecular formula is C21H25NO3. The van der Waals surface area contributed by atoms with Gasteiger partial charge < -0.3 is 9.47 Å². The Morgan fingerprint density at radius 3 is 2.44 bits per heavy atom. The number of esters is 1. The fourth-order valence-corrected chi connectivity index (χ4v) is 3.33. The minimum absolute atomic E-state index is 0.0537. The summed E-state index contributed by atoms with van der Waals surface area (Å²) in [5, 5.41) is 0. The molecule has 25 heavy (non-hydrogen) atoms. The Kier molecular flexibility index (Phi) is 5.71. The zero-order valence-electron chi connectivity index (χ0n) is 14.9. The highest BCUT2D eigenvalue weighted by Crippen LogP contribution is 2.26. The van der Waals surface area contributed by atoms with Gasteiger partial charge in [-0.25, -0.2) is 0 Å². The Morgan fingerprint density at radius 2 is 1.76 bits per heavy atom. The van der Waals surface area contributed by atoms with Crippen molar-refractivity contribution >= 4 is 5.97 Å². The summed E-state index contributed by atoms with van der Waals surface area (Å²) < 4.78 is 10.7. The Labute approximate surface area is 149 Å². The minimum atomic E-state index is -0.0983. The zero-order chi connectivity index (χ0) is 17.6. The molecule has 2 unspecified atom stereocenters. The maximum atomic E-state index is 12.5. The molecule has 2 aromatic carbocycles. The van der Waals surface area contributed by atoms with Crippen LogP contribution in [0.3, 0.4) is 0 Å². The van der Waals surface area contributed by atoms with E-state index in [4.69, 9.17) is 9.47 Å². The molecular weight excluding hydrogens is 314 g/mol. The molecule has 3 rings (SSSR count). The Balaban J connectivity index is 1.51. The second-order valence-electron chi connectivity index (χ2n) is 6.72. The number of carbonyl (C=O) groups is 1. The summed E-state index contributed by atoms with van der Waals surface area (Å²) in [7, 11) is 1.64. The van der Waals surface area contributed by atoms with Gasteiger partial charge in [0, 0.05) is 19.6 Å². The van der Waals surface area contributed by atoms with Crippen LogP contribution in [0.5, 0.6) is 5.75 Å². The first-order valence-electron chi connectivity index (χ1n) is 8.71. The van der Waals surface area contributed by atoms with Gasteiger partial charge in [0.1, 0.15) is 12.4 Å². The van der Waals surface area contributed by atoms with Crippen LogP contribution < -0.4 is 4.74 Å². The number of benzene rings is 2. The molecule has 0 aliphatic carbocycles. The van der Waals surface area contributed by atoms with Crippen LogP contribution in [0.15, 0.2) is 54.6 Å². The number of carbonyl (C=O) groups excluding carboxylic acids is 1. The van der Waals surface area contributed by atoms with E-state index in [9.17, 15) is 4.79 Å². The van der Waals surface area contributed by atoms with Crippen LogP contribution in [-0.4, -0.2) is 31.1 Å². The molecule has 0 saturated carbocycles. The molecule has 132 valence electrons. The van der Waals surface area contributed by atoms with Gasteiger partial charge in [-0.2, -0.15) is 0 Å². The quantitative estimate of drug-likeness (QED) is 0.755. The second-order valence-corrected chi connectivity index (χ2v) is 6.72. The molecule has 0 spiro atoms. The van der Waals surface area contributed by atoms with Crippen molar-refractivity contribution < 1.29 is 14.3 Å². The summed E-state index contributed by atoms with van der Waals surface area (Å²) in [6.07, 6.45) is 0. The average Bonchev–Trinajstić information content (AvgIpc) is 3.01. The molecule has 4 nitrogen and oxygen atoms in total. The van der Waals surface area contributed by atoms with Crippen molar-refractivity contribution in [3.8, 4) is 5.75 Å². The Bertz CT molecular complexity index is 684. The first kappa shape index (κ1) is 17.5. The molecule has 1 aliphatic rings. The number of ether oxygens (including phenoxy) is 2. The first-order valence-corrected chi connectivity index (χ1v) is 8.71. The van der Waals surface area contributed by atoms with Gasteiger partial charge in [0.05, 0.1) is 13.0 Å². The summed E-state index contributed by atoms with van der Waals surface area (Å²) in [5.41, 5.74) is 2.25. The van der Waals surface area contributed by atoms with Gasteiger partial charge >= 0.3 is 5.97 Å². The molecule has 0 bridgehead atoms. The predicted molar refractivity (Wildman–Crippen MR) is 97.2 cm³/mol. The van der Waals surface area contributed by atoms with Gasteiger partial charge in [-0.15, -0.1) is 0 Å². The third-order valence-electron chi connectivity index (χ3n) is 4.78. The molecule has 1 aliphatic heterocycles. The van der Waals surface area contributed by atoms with Gasteiger partial charge in [0.2, 0.25) is 0 Å². The molecule has 1 fully saturated rings. The van der Waals surface area contributed by atoms with Gasteiger partial charge in [-0.3, -0.25) is 9.69 Å². The number of hydrogen-bond acceptors (Lipinski definition) is 4. The third kappa shape index (κ3) is 4.60. The van der Waals surface area contributed by atoms with Crippen molar-refractivity contribution in [3.05, 3.63) is 65.7 Å². The highest BCUT2D eigenvalue weighted by Gasteiger charge is 2.35. The van der Waals surface area contributed by atoms with E-state index < -0.39 is 0 Å². The molecule has 0 N–H and O–H groups in total. The number of hydrogen-bond donors (Lipinski definition) is 0. The number of likely N-dealkylation sites (tertiary alicyclic amines) is 1. The van der Waals surface area contributed by atoms with Crippen LogP contribution in [0.4, 0.5) is 0 Å². The zero-order valence-corrected chi connectivity index (χ0v) is 14.9. The minimum Gasteiger partial charge on any atom is -0.497 e. The maximum Gasteiger partial charge on any atom is 0.310 e. The largest absolute Gasteiger partial charge is 0.497 e. The standard InChI is InChI=1S/C21H25NO3/c1-16-12-22(13-17-6-4-3-5-7-17)14-20(16)21(23)25-15-18-8-10-19(24-2)11-9-18/h3-11,16,20H,12-15H2,1-2H3. The molecule has 2 atom stereocenters. The summed E-state index contributed by atoms with van der Waals surface area (Å²) in [6.45, 7) is 5.01. The number of nitrogens with zero attached hydrogens (tertiary/aromatic N) is 1. The van der Waals surface area contributed by atoms with E-state index in [0.717, 1.165) is 30.9 Å². The van der Waals surface area contributed by atoms with Crippen LogP contribution in [0.25, 0.3) is 0 Å². The van der Waals surface area contributed by atoms with E-state index in [0.29, 0.717) is 12.5 Å². The summed E-state index contributed by atoms with van der Waals surface area (Å²) in [4.78, 5) is 14.8. The SMILES string of the molecule is COc1ccc(COC(=O)C2CN(Cc3ccccc3)CC2C)cc1. The van der Waals surface area contributed by atoms with E-state index in [-0.39, 0.29) is 11.9 Å². The van der Waals surface area contributed by atoms with E-state index >= 15 is 0 Å². The highest BCUT2D eigenvalue weighted by atomic mass is 16.5. The second kappa shape index (κ2) is 8.17. The third-order valence-corrected chi connectivity index (χ3v) is 4.78. The lowest BCUT2D eigenvalue weighted by Crippen LogP contribution is -2.25. The highest BCUT2D eigenvalue weighted by molar-refractivity contribution is 5.73. The summed E-state index contributed by atoms with van der Waals surface area (Å²) >= 11 is 0. The normalized spacial score (nSPS) is 20.4. The lowest BCUT2D eigenvalue weighted by Gasteiger charge is -2.15. The van der Waals surface area contributed by atoms with Crippen molar-refractivity contribution in [1.29, 1.82) is 0 Å². The summed E-state index contributed by atoms with van der Waals surface area (Å²) in [5.74, 6) is 0.962. The number of methoxy groups -OCH3 is 1. The van der Waals surface area contributed by atoms with Crippen molar-refractivity contribution in [3.63, 3.8) is 0 Å². The van der Waals surface area contributed by atoms with E-state index in [1.807, 2.05) is 30.3 Å². The molecule has 1 saturated heterocycles. The van der Waals surface area contributed by atoms with Crippen molar-refractivity contribution in [2.45, 2.75) is 20.1 Å². The fourth-order valence-electron chi connectivity index (χ4n) is 3.33. The summed E-state index contributed by atoms with van der Waals surface area (Å²) in [6, 6.07) is 18.0. The van der Waals surface area contributed by atoms with E-state index in [2.05, 4.69) is 36.1 Å². The lowest BCUT2D eigenvalue weighted by molar-refractivity contribution is -0.150. The molecule has 4 heteroatoms. The van der Waals surface area contributed by atoms with Crippen LogP contribution >= 0.6 is 0 Å². The van der Waals surface area contributed by atoms with Crippen LogP contribution in [-0.2, 0) is 22.7 Å². The van der Waals surface area contributed by atoms with Gasteiger partial charge in [0.15, 0.2) is 0 Å². The van der Waals surface area contributed by atoms with Crippen molar-refractivity contribution in [2.24, 2.45) is 11.8 Å². The van der Waals surface area contributed by atoms with Crippen LogP contribution in [0.1, 0.15) is 18.1 Å². The lowest BCUT2D eigenvalue weighted by atomic mass is 9.99. The fraction of sp³-hybridized carbons (Fsp3) is 0.381. The number of rotatable bonds is 6. The molecule has 0 radical (unpaired) electrons. The molecule has 0 aromatic heterocycles. The van der Waals surface area contributed by atoms with Crippen molar-refractivity contribution in [1.82, 2.24) is 4.90 Å². The molecule has 1 heterocycles. The van der Waals surface area contributed by atoms with Gasteiger partial charge in [-0.1, -0.05) is 49.4 Å². The van der Waals surface area contributed by atoms with Crippen LogP contribution in [0, 0.1) is 11.8 Å². The predicted octanol–water partition coefficient (Wildman–Crippen LogP) is 3.51. The smallest absolute Gasteiger partial charge is 0.310 e. The maximum absolute atomic E-state index is 12.5. The first-order chi connectivity index (χ1) is 12.2. The van der Waals surface area contributed by atoms with Crippen LogP contribution in [0.2, 0.25) is 0 Å². The molecule has 2 aromatic rings. The Hall–Kier alpha value is -2.33. The molecule has 0 amide bonds. The average molecular weight is 339 g/mol. The Morgan fingerprint density at radius 1 is 1.04 bits per heavy atom. The van der Waals surface area contributed by atoms with Gasteiger partial charge in [-0.05, 0) is 29.2 Å². The van der Waals surface area contributed by atoms with Gasteiger partial charge in [0.25, 0.3) is 0 Å². The topological polar surface area (TPSA) is 38.8 Å². The monoisotopic (exact) mass is 339 g/mol. The van der Waals surface area contributed by atoms with Crippen molar-refractivity contribution in [2.75, 3.05) is 20.2 Å². The van der Waals surface area contributed by atoms with E-state index in [1.54, 1.807) is 7.11 Å². The van der Waals surface area contributed by atoms with E-state index in [1.165, 1.54) is 5.56 Å².